The normalized spacial score (nSPS) is 14.6. The fourth-order valence-corrected chi connectivity index (χ4v) is 4.16. The molecule has 6 nitrogen and oxygen atoms in total. The number of benzene rings is 1. The van der Waals surface area contributed by atoms with E-state index in [1.165, 1.54) is 17.3 Å². The van der Waals surface area contributed by atoms with Crippen molar-refractivity contribution in [3.05, 3.63) is 34.9 Å². The Morgan fingerprint density at radius 1 is 1.15 bits per heavy atom. The summed E-state index contributed by atoms with van der Waals surface area (Å²) in [6.07, 6.45) is 1.80. The first-order valence-corrected chi connectivity index (χ1v) is 10.7. The number of aromatic nitrogens is 3. The lowest BCUT2D eigenvalue weighted by atomic mass is 9.98. The van der Waals surface area contributed by atoms with Crippen LogP contribution in [0.2, 0.25) is 0 Å². The Hall–Kier alpha value is -1.86. The summed E-state index contributed by atoms with van der Waals surface area (Å²) in [5.41, 5.74) is 3.16. The van der Waals surface area contributed by atoms with Crippen LogP contribution in [0, 0.1) is 0 Å². The van der Waals surface area contributed by atoms with Crippen molar-refractivity contribution < 1.29 is 9.53 Å². The van der Waals surface area contributed by atoms with Crippen LogP contribution in [-0.4, -0.2) is 52.6 Å². The summed E-state index contributed by atoms with van der Waals surface area (Å²) < 4.78 is 7.51. The van der Waals surface area contributed by atoms with E-state index >= 15 is 0 Å². The first-order valence-electron chi connectivity index (χ1n) is 9.71. The van der Waals surface area contributed by atoms with E-state index in [0.717, 1.165) is 54.7 Å². The van der Waals surface area contributed by atoms with E-state index in [-0.39, 0.29) is 5.78 Å². The second kappa shape index (κ2) is 9.37. The molecule has 27 heavy (non-hydrogen) atoms. The summed E-state index contributed by atoms with van der Waals surface area (Å²) in [4.78, 5) is 15.1. The second-order valence-corrected chi connectivity index (χ2v) is 7.48. The maximum Gasteiger partial charge on any atom is 0.228 e. The number of nitrogens with zero attached hydrogens (tertiary/aromatic N) is 4. The van der Waals surface area contributed by atoms with Crippen LogP contribution in [0.3, 0.4) is 0 Å². The maximum absolute atomic E-state index is 12.9. The average molecular weight is 389 g/mol. The standard InChI is InChI=1S/C20H28N4O2S/c1-4-15-7-8-16(5-2)17(13-15)18(25)14-27-20-22-21-19(24(20)6-3)23-9-11-26-12-10-23/h7-8,13H,4-6,9-12,14H2,1-3H3. The topological polar surface area (TPSA) is 60.3 Å². The van der Waals surface area contributed by atoms with Crippen molar-refractivity contribution in [1.82, 2.24) is 14.8 Å². The van der Waals surface area contributed by atoms with Gasteiger partial charge in [-0.05, 0) is 37.0 Å². The van der Waals surface area contributed by atoms with Crippen LogP contribution in [0.25, 0.3) is 0 Å². The third-order valence-electron chi connectivity index (χ3n) is 4.90. The number of Topliss-reactive ketones (excluding diaryl/α,β-unsaturated/α-hetero) is 1. The summed E-state index contributed by atoms with van der Waals surface area (Å²) in [6, 6.07) is 6.25. The van der Waals surface area contributed by atoms with Gasteiger partial charge in [0.15, 0.2) is 10.9 Å². The molecule has 1 aromatic carbocycles. The molecule has 1 saturated heterocycles. The second-order valence-electron chi connectivity index (χ2n) is 6.54. The molecule has 2 aromatic rings. The van der Waals surface area contributed by atoms with Crippen molar-refractivity contribution in [2.24, 2.45) is 0 Å². The predicted molar refractivity (Wildman–Crippen MR) is 109 cm³/mol. The van der Waals surface area contributed by atoms with E-state index in [9.17, 15) is 4.79 Å². The number of aryl methyl sites for hydroxylation is 2. The zero-order chi connectivity index (χ0) is 19.2. The number of morpholine rings is 1. The fraction of sp³-hybridized carbons (Fsp3) is 0.550. The summed E-state index contributed by atoms with van der Waals surface area (Å²) in [5, 5.41) is 9.52. The molecule has 0 aliphatic carbocycles. The first kappa shape index (κ1) is 19.9. The highest BCUT2D eigenvalue weighted by atomic mass is 32.2. The zero-order valence-electron chi connectivity index (χ0n) is 16.4. The molecule has 0 spiro atoms. The third-order valence-corrected chi connectivity index (χ3v) is 5.87. The van der Waals surface area contributed by atoms with Crippen molar-refractivity contribution in [3.63, 3.8) is 0 Å². The predicted octanol–water partition coefficient (Wildman–Crippen LogP) is 3.23. The molecule has 0 bridgehead atoms. The molecule has 146 valence electrons. The Balaban J connectivity index is 1.73. The summed E-state index contributed by atoms with van der Waals surface area (Å²) in [6.45, 7) is 10.1. The molecular formula is C20H28N4O2S. The van der Waals surface area contributed by atoms with Crippen LogP contribution in [0.5, 0.6) is 0 Å². The molecule has 0 saturated carbocycles. The van der Waals surface area contributed by atoms with E-state index in [0.29, 0.717) is 19.0 Å². The molecule has 1 aliphatic rings. The minimum Gasteiger partial charge on any atom is -0.378 e. The summed E-state index contributed by atoms with van der Waals surface area (Å²) in [5.74, 6) is 1.41. The van der Waals surface area contributed by atoms with Crippen molar-refractivity contribution >= 4 is 23.5 Å². The van der Waals surface area contributed by atoms with Crippen LogP contribution in [-0.2, 0) is 24.1 Å². The van der Waals surface area contributed by atoms with Crippen LogP contribution >= 0.6 is 11.8 Å². The lowest BCUT2D eigenvalue weighted by Gasteiger charge is -2.27. The number of thioether (sulfide) groups is 1. The molecule has 0 radical (unpaired) electrons. The van der Waals surface area contributed by atoms with Crippen LogP contribution in [0.15, 0.2) is 23.4 Å². The minimum atomic E-state index is 0.158. The Bertz CT molecular complexity index is 784. The van der Waals surface area contributed by atoms with E-state index in [2.05, 4.69) is 52.6 Å². The van der Waals surface area contributed by atoms with Crippen LogP contribution < -0.4 is 4.90 Å². The quantitative estimate of drug-likeness (QED) is 0.511. The highest BCUT2D eigenvalue weighted by molar-refractivity contribution is 7.99. The monoisotopic (exact) mass is 388 g/mol. The van der Waals surface area contributed by atoms with Gasteiger partial charge in [-0.2, -0.15) is 0 Å². The molecule has 3 rings (SSSR count). The number of carbonyl (C=O) groups is 1. The van der Waals surface area contributed by atoms with Gasteiger partial charge in [-0.25, -0.2) is 0 Å². The summed E-state index contributed by atoms with van der Waals surface area (Å²) >= 11 is 1.47. The number of carbonyl (C=O) groups excluding carboxylic acids is 1. The minimum absolute atomic E-state index is 0.158. The molecular weight excluding hydrogens is 360 g/mol. The highest BCUT2D eigenvalue weighted by Crippen LogP contribution is 2.24. The number of hydrogen-bond donors (Lipinski definition) is 0. The van der Waals surface area contributed by atoms with Crippen molar-refractivity contribution in [2.75, 3.05) is 37.0 Å². The largest absolute Gasteiger partial charge is 0.378 e. The Morgan fingerprint density at radius 3 is 2.59 bits per heavy atom. The molecule has 1 fully saturated rings. The highest BCUT2D eigenvalue weighted by Gasteiger charge is 2.21. The molecule has 0 atom stereocenters. The fourth-order valence-electron chi connectivity index (χ4n) is 3.28. The van der Waals surface area contributed by atoms with Crippen molar-refractivity contribution in [1.29, 1.82) is 0 Å². The number of anilines is 1. The molecule has 7 heteroatoms. The number of hydrogen-bond acceptors (Lipinski definition) is 6. The molecule has 1 aromatic heterocycles. The first-order chi connectivity index (χ1) is 13.2. The van der Waals surface area contributed by atoms with Gasteiger partial charge in [0.2, 0.25) is 5.95 Å². The lowest BCUT2D eigenvalue weighted by molar-refractivity contribution is 0.102. The number of rotatable bonds is 8. The molecule has 0 amide bonds. The Morgan fingerprint density at radius 2 is 1.93 bits per heavy atom. The van der Waals surface area contributed by atoms with Gasteiger partial charge in [-0.1, -0.05) is 37.7 Å². The van der Waals surface area contributed by atoms with Crippen LogP contribution in [0.4, 0.5) is 5.95 Å². The Labute approximate surface area is 165 Å². The molecule has 0 N–H and O–H groups in total. The van der Waals surface area contributed by atoms with E-state index < -0.39 is 0 Å². The van der Waals surface area contributed by atoms with Gasteiger partial charge in [-0.3, -0.25) is 9.36 Å². The van der Waals surface area contributed by atoms with Gasteiger partial charge in [0.25, 0.3) is 0 Å². The van der Waals surface area contributed by atoms with Gasteiger partial charge in [0.05, 0.1) is 19.0 Å². The molecule has 1 aliphatic heterocycles. The van der Waals surface area contributed by atoms with Gasteiger partial charge in [0.1, 0.15) is 0 Å². The summed E-state index contributed by atoms with van der Waals surface area (Å²) in [7, 11) is 0. The van der Waals surface area contributed by atoms with Gasteiger partial charge in [0, 0.05) is 25.2 Å². The lowest BCUT2D eigenvalue weighted by Crippen LogP contribution is -2.38. The van der Waals surface area contributed by atoms with Crippen LogP contribution in [0.1, 0.15) is 42.3 Å². The van der Waals surface area contributed by atoms with Crippen molar-refractivity contribution in [3.8, 4) is 0 Å². The smallest absolute Gasteiger partial charge is 0.228 e. The van der Waals surface area contributed by atoms with E-state index in [1.807, 2.05) is 6.07 Å². The van der Waals surface area contributed by atoms with Gasteiger partial charge >= 0.3 is 0 Å². The van der Waals surface area contributed by atoms with Crippen molar-refractivity contribution in [2.45, 2.75) is 45.3 Å². The molecule has 0 unspecified atom stereocenters. The van der Waals surface area contributed by atoms with Gasteiger partial charge in [-0.15, -0.1) is 10.2 Å². The number of ketones is 1. The average Bonchev–Trinajstić information content (AvgIpc) is 3.15. The van der Waals surface area contributed by atoms with E-state index in [4.69, 9.17) is 4.74 Å². The number of ether oxygens (including phenoxy) is 1. The third kappa shape index (κ3) is 4.52. The SMILES string of the molecule is CCc1ccc(CC)c(C(=O)CSc2nnc(N3CCOCC3)n2CC)c1. The Kier molecular flexibility index (Phi) is 6.90. The molecule has 2 heterocycles. The maximum atomic E-state index is 12.9. The zero-order valence-corrected chi connectivity index (χ0v) is 17.2. The van der Waals surface area contributed by atoms with Gasteiger partial charge < -0.3 is 9.64 Å². The van der Waals surface area contributed by atoms with E-state index in [1.54, 1.807) is 0 Å².